The molecule has 9 nitrogen and oxygen atoms in total. The number of hydrogen-bond donors (Lipinski definition) is 3. The number of piperidine rings is 1. The Balaban J connectivity index is 1.43. The third-order valence-electron chi connectivity index (χ3n) is 6.64. The molecule has 1 unspecified atom stereocenters. The van der Waals surface area contributed by atoms with Gasteiger partial charge in [0.2, 0.25) is 17.7 Å². The second kappa shape index (κ2) is 11.1. The van der Waals surface area contributed by atoms with Crippen molar-refractivity contribution >= 4 is 17.7 Å². The molecule has 0 aromatic heterocycles. The predicted octanol–water partition coefficient (Wildman–Crippen LogP) is 0.317. The third-order valence-corrected chi connectivity index (χ3v) is 6.64. The smallest absolute Gasteiger partial charge is 0.236 e. The summed E-state index contributed by atoms with van der Waals surface area (Å²) < 4.78 is 0. The van der Waals surface area contributed by atoms with Crippen LogP contribution in [0.4, 0.5) is 0 Å². The van der Waals surface area contributed by atoms with Crippen molar-refractivity contribution in [1.29, 1.82) is 0 Å². The van der Waals surface area contributed by atoms with Gasteiger partial charge in [-0.05, 0) is 24.3 Å². The number of amides is 3. The Morgan fingerprint density at radius 2 is 1.91 bits per heavy atom. The number of carbonyl (C=O) groups excluding carboxylic acids is 3. The van der Waals surface area contributed by atoms with Gasteiger partial charge >= 0.3 is 0 Å². The van der Waals surface area contributed by atoms with Crippen LogP contribution in [0.25, 0.3) is 0 Å². The summed E-state index contributed by atoms with van der Waals surface area (Å²) in [6.45, 7) is 3.75. The zero-order valence-electron chi connectivity index (χ0n) is 19.9. The highest BCUT2D eigenvalue weighted by Gasteiger charge is 2.38. The van der Waals surface area contributed by atoms with Crippen molar-refractivity contribution in [3.8, 4) is 0 Å². The maximum absolute atomic E-state index is 12.8. The molecule has 2 heterocycles. The van der Waals surface area contributed by atoms with Crippen molar-refractivity contribution in [1.82, 2.24) is 25.3 Å². The summed E-state index contributed by atoms with van der Waals surface area (Å²) in [5.74, 6) is 0.129. The van der Waals surface area contributed by atoms with Gasteiger partial charge < -0.3 is 19.8 Å². The van der Waals surface area contributed by atoms with E-state index in [9.17, 15) is 19.5 Å². The average Bonchev–Trinajstić information content (AvgIpc) is 2.80. The average molecular weight is 460 g/mol. The summed E-state index contributed by atoms with van der Waals surface area (Å²) in [5.41, 5.74) is 0.148. The Kier molecular flexibility index (Phi) is 8.45. The van der Waals surface area contributed by atoms with Crippen molar-refractivity contribution in [2.45, 2.75) is 50.3 Å². The van der Waals surface area contributed by atoms with Crippen LogP contribution in [0.5, 0.6) is 0 Å². The van der Waals surface area contributed by atoms with Gasteiger partial charge in [0.25, 0.3) is 0 Å². The lowest BCUT2D eigenvalue weighted by molar-refractivity contribution is -0.145. The minimum Gasteiger partial charge on any atom is -0.388 e. The highest BCUT2D eigenvalue weighted by molar-refractivity contribution is 5.79. The molecule has 2 fully saturated rings. The Morgan fingerprint density at radius 1 is 1.24 bits per heavy atom. The lowest BCUT2D eigenvalue weighted by Gasteiger charge is -2.43. The van der Waals surface area contributed by atoms with Gasteiger partial charge in [-0.25, -0.2) is 0 Å². The number of benzene rings is 1. The Morgan fingerprint density at radius 3 is 2.52 bits per heavy atom. The van der Waals surface area contributed by atoms with Gasteiger partial charge in [0.15, 0.2) is 0 Å². The number of nitrogens with one attached hydrogen (secondary N) is 2. The normalized spacial score (nSPS) is 21.6. The zero-order valence-corrected chi connectivity index (χ0v) is 19.9. The van der Waals surface area contributed by atoms with Crippen molar-refractivity contribution in [2.75, 3.05) is 46.9 Å². The van der Waals surface area contributed by atoms with E-state index in [1.54, 1.807) is 19.0 Å². The lowest BCUT2D eigenvalue weighted by Crippen LogP contribution is -2.61. The molecule has 1 aromatic rings. The van der Waals surface area contributed by atoms with Crippen LogP contribution in [0.3, 0.4) is 0 Å². The highest BCUT2D eigenvalue weighted by atomic mass is 16.3. The second-order valence-electron chi connectivity index (χ2n) is 9.50. The summed E-state index contributed by atoms with van der Waals surface area (Å²) >= 11 is 0. The molecule has 0 saturated carbocycles. The molecule has 0 aliphatic carbocycles. The van der Waals surface area contributed by atoms with Gasteiger partial charge in [0, 0.05) is 33.6 Å². The van der Waals surface area contributed by atoms with E-state index in [1.807, 2.05) is 35.2 Å². The van der Waals surface area contributed by atoms with Crippen LogP contribution in [-0.2, 0) is 14.4 Å². The van der Waals surface area contributed by atoms with E-state index < -0.39 is 5.60 Å². The topological polar surface area (TPSA) is 105 Å². The fraction of sp³-hybridized carbons (Fsp3) is 0.625. The van der Waals surface area contributed by atoms with E-state index in [0.29, 0.717) is 39.0 Å². The summed E-state index contributed by atoms with van der Waals surface area (Å²) in [6.07, 6.45) is 1.29. The van der Waals surface area contributed by atoms with Crippen LogP contribution in [0.15, 0.2) is 30.3 Å². The van der Waals surface area contributed by atoms with Gasteiger partial charge in [-0.3, -0.25) is 25.0 Å². The van der Waals surface area contributed by atoms with Crippen LogP contribution < -0.4 is 10.6 Å². The molecule has 33 heavy (non-hydrogen) atoms. The molecular formula is C24H37N5O4. The van der Waals surface area contributed by atoms with Crippen LogP contribution in [-0.4, -0.2) is 96.2 Å². The number of likely N-dealkylation sites (N-methyl/N-ethyl adjacent to an activating group) is 1. The monoisotopic (exact) mass is 459 g/mol. The first kappa shape index (κ1) is 25.1. The maximum atomic E-state index is 12.8. The van der Waals surface area contributed by atoms with E-state index in [1.165, 1.54) is 4.90 Å². The number of β-amino-alcohol motifs (C(OH)–C–C–N with tert-alkyl or cyclic N) is 1. The third kappa shape index (κ3) is 6.99. The van der Waals surface area contributed by atoms with Crippen molar-refractivity contribution in [3.63, 3.8) is 0 Å². The second-order valence-corrected chi connectivity index (χ2v) is 9.50. The first-order valence-corrected chi connectivity index (χ1v) is 11.7. The van der Waals surface area contributed by atoms with Gasteiger partial charge in [-0.1, -0.05) is 37.3 Å². The van der Waals surface area contributed by atoms with Crippen LogP contribution >= 0.6 is 0 Å². The van der Waals surface area contributed by atoms with Crippen molar-refractivity contribution in [3.05, 3.63) is 35.9 Å². The van der Waals surface area contributed by atoms with Crippen LogP contribution in [0.1, 0.15) is 44.1 Å². The standard InChI is InChI=1S/C24H37N5O4/c1-18(19-7-5-4-6-8-19)13-21(30)28-11-9-24(33,10-12-28)16-29-17-26-20(14-22(29)31)25-15-23(32)27(2)3/h4-8,18,20,25-26,33H,9-17H2,1-3H3/t18-,20?/m1/s1. The first-order chi connectivity index (χ1) is 15.7. The molecule has 2 aliphatic heterocycles. The molecule has 0 bridgehead atoms. The van der Waals surface area contributed by atoms with E-state index in [0.717, 1.165) is 5.56 Å². The Labute approximate surface area is 196 Å². The lowest BCUT2D eigenvalue weighted by atomic mass is 9.89. The molecule has 9 heteroatoms. The highest BCUT2D eigenvalue weighted by Crippen LogP contribution is 2.26. The summed E-state index contributed by atoms with van der Waals surface area (Å²) in [6, 6.07) is 10.0. The number of hydrogen-bond acceptors (Lipinski definition) is 6. The quantitative estimate of drug-likeness (QED) is 0.517. The molecule has 0 spiro atoms. The molecule has 1 aromatic carbocycles. The summed E-state index contributed by atoms with van der Waals surface area (Å²) in [7, 11) is 3.38. The fourth-order valence-corrected chi connectivity index (χ4v) is 4.32. The zero-order chi connectivity index (χ0) is 24.0. The molecule has 3 amide bonds. The molecule has 3 N–H and O–H groups in total. The summed E-state index contributed by atoms with van der Waals surface area (Å²) in [5, 5.41) is 17.3. The number of nitrogens with zero attached hydrogens (tertiary/aromatic N) is 3. The van der Waals surface area contributed by atoms with Gasteiger partial charge in [0.1, 0.15) is 0 Å². The van der Waals surface area contributed by atoms with E-state index in [-0.39, 0.29) is 49.3 Å². The van der Waals surface area contributed by atoms with E-state index in [4.69, 9.17) is 0 Å². The number of rotatable bonds is 8. The molecule has 3 rings (SSSR count). The maximum Gasteiger partial charge on any atom is 0.236 e. The minimum absolute atomic E-state index is 0.0551. The first-order valence-electron chi connectivity index (χ1n) is 11.7. The van der Waals surface area contributed by atoms with E-state index >= 15 is 0 Å². The molecule has 2 aliphatic rings. The van der Waals surface area contributed by atoms with Crippen LogP contribution in [0.2, 0.25) is 0 Å². The molecule has 0 radical (unpaired) electrons. The van der Waals surface area contributed by atoms with Crippen molar-refractivity contribution < 1.29 is 19.5 Å². The number of likely N-dealkylation sites (tertiary alicyclic amines) is 1. The summed E-state index contributed by atoms with van der Waals surface area (Å²) in [4.78, 5) is 42.0. The molecular weight excluding hydrogens is 422 g/mol. The molecule has 2 saturated heterocycles. The van der Waals surface area contributed by atoms with Gasteiger partial charge in [-0.15, -0.1) is 0 Å². The van der Waals surface area contributed by atoms with Crippen LogP contribution in [0, 0.1) is 0 Å². The predicted molar refractivity (Wildman–Crippen MR) is 125 cm³/mol. The Hall–Kier alpha value is -2.49. The fourth-order valence-electron chi connectivity index (χ4n) is 4.32. The Bertz CT molecular complexity index is 823. The SMILES string of the molecule is C[C@H](CC(=O)N1CCC(O)(CN2CNC(NCC(=O)N(C)C)CC2=O)CC1)c1ccccc1. The molecule has 2 atom stereocenters. The molecule has 182 valence electrons. The number of carbonyl (C=O) groups is 3. The largest absolute Gasteiger partial charge is 0.388 e. The van der Waals surface area contributed by atoms with Crippen molar-refractivity contribution in [2.24, 2.45) is 0 Å². The minimum atomic E-state index is -1.000. The number of aliphatic hydroxyl groups is 1. The van der Waals surface area contributed by atoms with Gasteiger partial charge in [0.05, 0.1) is 37.9 Å². The van der Waals surface area contributed by atoms with Gasteiger partial charge in [-0.2, -0.15) is 0 Å². The van der Waals surface area contributed by atoms with E-state index in [2.05, 4.69) is 17.6 Å².